The summed E-state index contributed by atoms with van der Waals surface area (Å²) >= 11 is 0. The first-order valence-corrected chi connectivity index (χ1v) is 13.0. The molecule has 5 rings (SSSR count). The molecule has 1 fully saturated rings. The summed E-state index contributed by atoms with van der Waals surface area (Å²) in [5.74, 6) is 0.536. The van der Waals surface area contributed by atoms with Gasteiger partial charge in [0.05, 0.1) is 23.8 Å². The van der Waals surface area contributed by atoms with Gasteiger partial charge in [0.1, 0.15) is 24.3 Å². The Kier molecular flexibility index (Phi) is 7.70. The lowest BCUT2D eigenvalue weighted by Gasteiger charge is -2.38. The van der Waals surface area contributed by atoms with E-state index in [-0.39, 0.29) is 19.1 Å². The topological polar surface area (TPSA) is 100 Å². The zero-order chi connectivity index (χ0) is 28.4. The molecule has 1 amide bonds. The molecule has 0 aliphatic carbocycles. The fraction of sp³-hybridized carbons (Fsp3) is 0.393. The maximum Gasteiger partial charge on any atom is 0.397 e. The number of rotatable bonds is 7. The quantitative estimate of drug-likeness (QED) is 0.360. The monoisotopic (exact) mass is 553 g/mol. The van der Waals surface area contributed by atoms with Gasteiger partial charge in [-0.05, 0) is 43.7 Å². The number of carbonyl (C=O) groups is 1. The number of methoxy groups -OCH3 is 1. The van der Waals surface area contributed by atoms with Gasteiger partial charge < -0.3 is 14.6 Å². The van der Waals surface area contributed by atoms with Crippen molar-refractivity contribution in [2.45, 2.75) is 38.9 Å². The molecule has 1 atom stereocenters. The minimum atomic E-state index is -4.49. The van der Waals surface area contributed by atoms with Crippen LogP contribution in [0, 0.1) is 6.92 Å². The molecular formula is C28H30F3N7O2. The van der Waals surface area contributed by atoms with Crippen LogP contribution in [0.25, 0.3) is 22.3 Å². The Bertz CT molecular complexity index is 1510. The van der Waals surface area contributed by atoms with Crippen molar-refractivity contribution in [1.29, 1.82) is 0 Å². The van der Waals surface area contributed by atoms with Gasteiger partial charge in [-0.3, -0.25) is 14.7 Å². The van der Waals surface area contributed by atoms with Crippen LogP contribution >= 0.6 is 0 Å². The third kappa shape index (κ3) is 6.06. The van der Waals surface area contributed by atoms with E-state index in [1.165, 1.54) is 11.2 Å². The molecule has 1 saturated heterocycles. The summed E-state index contributed by atoms with van der Waals surface area (Å²) in [5, 5.41) is 0. The summed E-state index contributed by atoms with van der Waals surface area (Å²) < 4.78 is 43.3. The van der Waals surface area contributed by atoms with E-state index in [0.717, 1.165) is 39.4 Å². The van der Waals surface area contributed by atoms with Crippen molar-refractivity contribution in [3.8, 4) is 17.0 Å². The van der Waals surface area contributed by atoms with Crippen LogP contribution in [0.2, 0.25) is 0 Å². The van der Waals surface area contributed by atoms with Crippen LogP contribution in [0.3, 0.4) is 0 Å². The Morgan fingerprint density at radius 1 is 1.10 bits per heavy atom. The van der Waals surface area contributed by atoms with Crippen molar-refractivity contribution >= 4 is 16.9 Å². The number of hydrogen-bond donors (Lipinski definition) is 1. The van der Waals surface area contributed by atoms with Crippen molar-refractivity contribution in [2.24, 2.45) is 0 Å². The van der Waals surface area contributed by atoms with E-state index in [1.807, 2.05) is 37.3 Å². The number of fused-ring (bicyclic) bond motifs is 1. The Morgan fingerprint density at radius 2 is 1.88 bits per heavy atom. The predicted molar refractivity (Wildman–Crippen MR) is 143 cm³/mol. The number of amides is 1. The molecule has 1 aromatic carbocycles. The number of hydrogen-bond acceptors (Lipinski definition) is 7. The smallest absolute Gasteiger partial charge is 0.397 e. The number of piperazine rings is 1. The van der Waals surface area contributed by atoms with Gasteiger partial charge in [0.25, 0.3) is 0 Å². The molecule has 4 aromatic rings. The van der Waals surface area contributed by atoms with Crippen LogP contribution in [-0.4, -0.2) is 80.1 Å². The number of aromatic amines is 1. The molecule has 1 unspecified atom stereocenters. The Morgan fingerprint density at radius 3 is 2.60 bits per heavy atom. The van der Waals surface area contributed by atoms with Gasteiger partial charge in [-0.1, -0.05) is 6.07 Å². The van der Waals surface area contributed by atoms with Gasteiger partial charge in [-0.15, -0.1) is 0 Å². The molecule has 0 bridgehead atoms. The molecule has 1 N–H and O–H groups in total. The molecule has 9 nitrogen and oxygen atoms in total. The number of aromatic nitrogens is 5. The zero-order valence-electron chi connectivity index (χ0n) is 22.5. The molecule has 0 saturated carbocycles. The second-order valence-corrected chi connectivity index (χ2v) is 9.90. The van der Waals surface area contributed by atoms with Gasteiger partial charge in [0, 0.05) is 56.1 Å². The second-order valence-electron chi connectivity index (χ2n) is 9.90. The maximum absolute atomic E-state index is 12.6. The van der Waals surface area contributed by atoms with Crippen LogP contribution in [0.15, 0.2) is 42.9 Å². The number of nitrogens with one attached hydrogen (secondary N) is 1. The summed E-state index contributed by atoms with van der Waals surface area (Å²) in [6.07, 6.45) is -2.12. The van der Waals surface area contributed by atoms with Gasteiger partial charge in [-0.25, -0.2) is 15.0 Å². The number of H-pyrrole nitrogens is 1. The Hall–Kier alpha value is -4.06. The normalized spacial score (nSPS) is 15.4. The van der Waals surface area contributed by atoms with E-state index in [1.54, 1.807) is 13.3 Å². The van der Waals surface area contributed by atoms with E-state index < -0.39 is 18.5 Å². The van der Waals surface area contributed by atoms with E-state index >= 15 is 0 Å². The fourth-order valence-corrected chi connectivity index (χ4v) is 5.08. The molecule has 210 valence electrons. The summed E-state index contributed by atoms with van der Waals surface area (Å²) in [6, 6.07) is 9.87. The van der Waals surface area contributed by atoms with Crippen LogP contribution in [-0.2, 0) is 11.2 Å². The average Bonchev–Trinajstić information content (AvgIpc) is 3.33. The van der Waals surface area contributed by atoms with Crippen LogP contribution < -0.4 is 4.74 Å². The van der Waals surface area contributed by atoms with Gasteiger partial charge >= 0.3 is 6.18 Å². The Balaban J connectivity index is 1.26. The van der Waals surface area contributed by atoms with Gasteiger partial charge in [0.2, 0.25) is 5.91 Å². The summed E-state index contributed by atoms with van der Waals surface area (Å²) in [6.45, 7) is 5.49. The molecule has 3 aromatic heterocycles. The van der Waals surface area contributed by atoms with Crippen molar-refractivity contribution in [1.82, 2.24) is 34.7 Å². The number of nitrogens with zero attached hydrogens (tertiary/aromatic N) is 6. The minimum Gasteiger partial charge on any atom is -0.493 e. The van der Waals surface area contributed by atoms with E-state index in [4.69, 9.17) is 9.72 Å². The first kappa shape index (κ1) is 27.5. The van der Waals surface area contributed by atoms with E-state index in [0.29, 0.717) is 31.0 Å². The molecule has 0 spiro atoms. The number of imidazole rings is 1. The highest BCUT2D eigenvalue weighted by atomic mass is 19.4. The number of pyridine rings is 1. The molecule has 12 heteroatoms. The highest BCUT2D eigenvalue weighted by Crippen LogP contribution is 2.31. The number of carbonyl (C=O) groups excluding carboxylic acids is 1. The predicted octanol–water partition coefficient (Wildman–Crippen LogP) is 4.48. The third-order valence-corrected chi connectivity index (χ3v) is 7.23. The SMILES string of the molecule is COc1c(C)ncnc1-c1ccc2nc(Cc3cc(C(C)N4CCN(C(=O)CC(F)(F)F)CC4)ccn3)[nH]c2c1. The zero-order valence-corrected chi connectivity index (χ0v) is 22.5. The lowest BCUT2D eigenvalue weighted by atomic mass is 10.1. The van der Waals surface area contributed by atoms with Gasteiger partial charge in [0.15, 0.2) is 5.75 Å². The molecule has 40 heavy (non-hydrogen) atoms. The lowest BCUT2D eigenvalue weighted by Crippen LogP contribution is -2.50. The van der Waals surface area contributed by atoms with Crippen LogP contribution in [0.4, 0.5) is 13.2 Å². The van der Waals surface area contributed by atoms with E-state index in [9.17, 15) is 18.0 Å². The first-order valence-electron chi connectivity index (χ1n) is 13.0. The minimum absolute atomic E-state index is 0.0196. The third-order valence-electron chi connectivity index (χ3n) is 7.23. The summed E-state index contributed by atoms with van der Waals surface area (Å²) in [4.78, 5) is 36.6. The number of aryl methyl sites for hydroxylation is 1. The highest BCUT2D eigenvalue weighted by Gasteiger charge is 2.35. The number of alkyl halides is 3. The van der Waals surface area contributed by atoms with Crippen LogP contribution in [0.5, 0.6) is 5.75 Å². The standard InChI is InChI=1S/C28H30F3N7O2/c1-17-27(40-3)26(34-16-33-17)20-4-5-22-23(13-20)36-24(35-22)14-21-12-19(6-7-32-21)18(2)37-8-10-38(11-9-37)25(39)15-28(29,30)31/h4-7,12-13,16,18H,8-11,14-15H2,1-3H3,(H,35,36). The number of ether oxygens (including phenoxy) is 1. The van der Waals surface area contributed by atoms with E-state index in [2.05, 4.69) is 31.8 Å². The fourth-order valence-electron chi connectivity index (χ4n) is 5.08. The molecule has 1 aliphatic rings. The van der Waals surface area contributed by atoms with Crippen LogP contribution in [0.1, 0.15) is 42.2 Å². The summed E-state index contributed by atoms with van der Waals surface area (Å²) in [5.41, 5.74) is 5.94. The maximum atomic E-state index is 12.6. The largest absolute Gasteiger partial charge is 0.493 e. The Labute approximate surface area is 229 Å². The summed E-state index contributed by atoms with van der Waals surface area (Å²) in [7, 11) is 1.60. The number of benzene rings is 1. The molecule has 0 radical (unpaired) electrons. The lowest BCUT2D eigenvalue weighted by molar-refractivity contribution is -0.162. The number of halogens is 3. The van der Waals surface area contributed by atoms with Crippen molar-refractivity contribution in [3.63, 3.8) is 0 Å². The molecular weight excluding hydrogens is 523 g/mol. The van der Waals surface area contributed by atoms with Crippen molar-refractivity contribution in [2.75, 3.05) is 33.3 Å². The van der Waals surface area contributed by atoms with Crippen molar-refractivity contribution in [3.05, 3.63) is 65.6 Å². The second kappa shape index (κ2) is 11.2. The molecule has 4 heterocycles. The average molecular weight is 554 g/mol. The first-order chi connectivity index (χ1) is 19.1. The van der Waals surface area contributed by atoms with Crippen molar-refractivity contribution < 1.29 is 22.7 Å². The van der Waals surface area contributed by atoms with Gasteiger partial charge in [-0.2, -0.15) is 13.2 Å². The molecule has 1 aliphatic heterocycles. The highest BCUT2D eigenvalue weighted by molar-refractivity contribution is 5.82.